The Morgan fingerprint density at radius 2 is 1.67 bits per heavy atom. The van der Waals surface area contributed by atoms with Gasteiger partial charge in [-0.05, 0) is 48.1 Å². The molecule has 4 N–H and O–H groups in total. The fraction of sp³-hybridized carbons (Fsp3) is 0.484. The lowest BCUT2D eigenvalue weighted by molar-refractivity contribution is -0.141. The number of halogens is 1. The number of carbonyl (C=O) groups is 4. The largest absolute Gasteiger partial charge is 0.350 e. The highest BCUT2D eigenvalue weighted by Gasteiger charge is 2.38. The van der Waals surface area contributed by atoms with Gasteiger partial charge in [-0.15, -0.1) is 0 Å². The number of hydrogen-bond donors (Lipinski definition) is 3. The van der Waals surface area contributed by atoms with Gasteiger partial charge in [-0.1, -0.05) is 48.0 Å². The third kappa shape index (κ3) is 9.49. The molecule has 0 radical (unpaired) electrons. The average Bonchev–Trinajstić information content (AvgIpc) is 3.52. The zero-order valence-corrected chi connectivity index (χ0v) is 27.0. The Morgan fingerprint density at radius 3 is 2.33 bits per heavy atom. The van der Waals surface area contributed by atoms with E-state index in [4.69, 9.17) is 17.3 Å². The fourth-order valence-electron chi connectivity index (χ4n) is 5.74. The number of rotatable bonds is 12. The van der Waals surface area contributed by atoms with Crippen LogP contribution in [0.3, 0.4) is 0 Å². The molecule has 2 heterocycles. The first-order valence-corrected chi connectivity index (χ1v) is 17.1. The number of amides is 4. The Kier molecular flexibility index (Phi) is 12.0. The van der Waals surface area contributed by atoms with Crippen LogP contribution in [0.25, 0.3) is 0 Å². The van der Waals surface area contributed by atoms with Crippen molar-refractivity contribution in [2.24, 2.45) is 5.73 Å². The van der Waals surface area contributed by atoms with Crippen molar-refractivity contribution < 1.29 is 27.6 Å². The molecule has 2 aliphatic rings. The summed E-state index contributed by atoms with van der Waals surface area (Å²) in [4.78, 5) is 56.7. The second-order valence-electron chi connectivity index (χ2n) is 11.4. The number of nitrogens with two attached hydrogens (primary N) is 1. The lowest BCUT2D eigenvalue weighted by atomic mass is 10.1. The van der Waals surface area contributed by atoms with Gasteiger partial charge in [0.05, 0.1) is 5.75 Å². The highest BCUT2D eigenvalue weighted by molar-refractivity contribution is 7.88. The van der Waals surface area contributed by atoms with Crippen molar-refractivity contribution in [3.63, 3.8) is 0 Å². The molecule has 0 aromatic heterocycles. The lowest BCUT2D eigenvalue weighted by Gasteiger charge is -2.34. The van der Waals surface area contributed by atoms with Crippen molar-refractivity contribution in [2.45, 2.75) is 63.5 Å². The molecule has 2 fully saturated rings. The van der Waals surface area contributed by atoms with Gasteiger partial charge in [0.15, 0.2) is 0 Å². The molecule has 0 bridgehead atoms. The van der Waals surface area contributed by atoms with Crippen LogP contribution in [0.1, 0.15) is 49.3 Å². The molecule has 2 saturated heterocycles. The van der Waals surface area contributed by atoms with Crippen molar-refractivity contribution >= 4 is 45.3 Å². The molecular weight excluding hydrogens is 620 g/mol. The zero-order valence-electron chi connectivity index (χ0n) is 25.4. The molecule has 0 unspecified atom stereocenters. The van der Waals surface area contributed by atoms with Gasteiger partial charge in [-0.2, -0.15) is 0 Å². The second kappa shape index (κ2) is 15.7. The standard InChI is InChI=1S/C31H41ClN6O6S/c1-22(39)36-14-16-37(17-15-36)29(40)12-11-27(35-45(43,44)21-23-6-3-2-4-7-23)31(42)38-13-5-8-28(38)30(41)34-20-25-18-26(32)10-9-24(25)19-33/h2-4,6-7,9-10,18,27-28,35H,5,8,11-17,19-21,33H2,1H3,(H,34,41)/t27-,28+/m1/s1. The Morgan fingerprint density at radius 1 is 0.978 bits per heavy atom. The molecule has 2 atom stereocenters. The second-order valence-corrected chi connectivity index (χ2v) is 13.6. The summed E-state index contributed by atoms with van der Waals surface area (Å²) >= 11 is 6.13. The van der Waals surface area contributed by atoms with Crippen LogP contribution >= 0.6 is 11.6 Å². The van der Waals surface area contributed by atoms with Crippen molar-refractivity contribution in [3.05, 3.63) is 70.2 Å². The number of nitrogens with one attached hydrogen (secondary N) is 2. The maximum atomic E-state index is 13.9. The fourth-order valence-corrected chi connectivity index (χ4v) is 7.30. The Labute approximate surface area is 269 Å². The SMILES string of the molecule is CC(=O)N1CCN(C(=O)CC[C@@H](NS(=O)(=O)Cc2ccccc2)C(=O)N2CCC[C@H]2C(=O)NCc2cc(Cl)ccc2CN)CC1. The molecule has 0 spiro atoms. The topological polar surface area (TPSA) is 162 Å². The number of sulfonamides is 1. The normalized spacial score (nSPS) is 17.7. The van der Waals surface area contributed by atoms with E-state index in [0.717, 1.165) is 11.1 Å². The number of likely N-dealkylation sites (tertiary alicyclic amines) is 1. The molecule has 0 aliphatic carbocycles. The van der Waals surface area contributed by atoms with Gasteiger partial charge < -0.3 is 25.8 Å². The predicted octanol–water partition coefficient (Wildman–Crippen LogP) is 1.37. The Hall–Kier alpha value is -3.52. The van der Waals surface area contributed by atoms with Crippen LogP contribution in [-0.4, -0.2) is 91.6 Å². The van der Waals surface area contributed by atoms with Gasteiger partial charge >= 0.3 is 0 Å². The van der Waals surface area contributed by atoms with E-state index in [0.29, 0.717) is 49.6 Å². The number of nitrogens with zero attached hydrogens (tertiary/aromatic N) is 3. The molecule has 2 aliphatic heterocycles. The molecule has 4 amide bonds. The molecule has 2 aromatic carbocycles. The molecule has 45 heavy (non-hydrogen) atoms. The summed E-state index contributed by atoms with van der Waals surface area (Å²) in [5.41, 5.74) is 7.98. The number of piperazine rings is 1. The Bertz CT molecular complexity index is 1480. The number of carbonyl (C=O) groups excluding carboxylic acids is 4. The van der Waals surface area contributed by atoms with Crippen molar-refractivity contribution in [1.82, 2.24) is 24.7 Å². The van der Waals surface area contributed by atoms with Crippen molar-refractivity contribution in [1.29, 1.82) is 0 Å². The van der Waals surface area contributed by atoms with Crippen LogP contribution in [0.2, 0.25) is 5.02 Å². The minimum absolute atomic E-state index is 0.0582. The summed E-state index contributed by atoms with van der Waals surface area (Å²) in [5, 5.41) is 3.39. The first-order valence-electron chi connectivity index (χ1n) is 15.1. The highest BCUT2D eigenvalue weighted by Crippen LogP contribution is 2.22. The van der Waals surface area contributed by atoms with Gasteiger partial charge in [0, 0.05) is 64.2 Å². The van der Waals surface area contributed by atoms with Crippen molar-refractivity contribution in [3.8, 4) is 0 Å². The highest BCUT2D eigenvalue weighted by atomic mass is 35.5. The van der Waals surface area contributed by atoms with E-state index in [9.17, 15) is 27.6 Å². The molecule has 14 heteroatoms. The minimum atomic E-state index is -3.99. The summed E-state index contributed by atoms with van der Waals surface area (Å²) in [5.74, 6) is -1.55. The van der Waals surface area contributed by atoms with Gasteiger partial charge in [-0.25, -0.2) is 13.1 Å². The van der Waals surface area contributed by atoms with E-state index in [1.807, 2.05) is 0 Å². The van der Waals surface area contributed by atoms with Gasteiger partial charge in [-0.3, -0.25) is 19.2 Å². The van der Waals surface area contributed by atoms with E-state index < -0.39 is 28.0 Å². The van der Waals surface area contributed by atoms with Crippen LogP contribution in [0.4, 0.5) is 0 Å². The van der Waals surface area contributed by atoms with Crippen LogP contribution in [0.5, 0.6) is 0 Å². The maximum absolute atomic E-state index is 13.9. The predicted molar refractivity (Wildman–Crippen MR) is 170 cm³/mol. The van der Waals surface area contributed by atoms with Gasteiger partial charge in [0.2, 0.25) is 33.7 Å². The quantitative estimate of drug-likeness (QED) is 0.310. The first-order chi connectivity index (χ1) is 21.5. The van der Waals surface area contributed by atoms with Crippen LogP contribution in [0, 0.1) is 0 Å². The minimum Gasteiger partial charge on any atom is -0.350 e. The smallest absolute Gasteiger partial charge is 0.243 e. The Balaban J connectivity index is 1.46. The monoisotopic (exact) mass is 660 g/mol. The van der Waals surface area contributed by atoms with Gasteiger partial charge in [0.1, 0.15) is 12.1 Å². The average molecular weight is 661 g/mol. The summed E-state index contributed by atoms with van der Waals surface area (Å²) in [6.07, 6.45) is 0.828. The van der Waals surface area contributed by atoms with Crippen molar-refractivity contribution in [2.75, 3.05) is 32.7 Å². The van der Waals surface area contributed by atoms with Crippen LogP contribution in [-0.2, 0) is 48.0 Å². The first kappa shape index (κ1) is 34.4. The van der Waals surface area contributed by atoms with E-state index in [-0.39, 0.29) is 56.0 Å². The summed E-state index contributed by atoms with van der Waals surface area (Å²) in [6.45, 7) is 3.76. The van der Waals surface area contributed by atoms with E-state index in [1.54, 1.807) is 58.3 Å². The molecule has 0 saturated carbocycles. The lowest BCUT2D eigenvalue weighted by Crippen LogP contribution is -2.54. The molecular formula is C31H41ClN6O6S. The summed E-state index contributed by atoms with van der Waals surface area (Å²) in [7, 11) is -3.99. The van der Waals surface area contributed by atoms with E-state index in [1.165, 1.54) is 11.8 Å². The summed E-state index contributed by atoms with van der Waals surface area (Å²) < 4.78 is 29.0. The molecule has 12 nitrogen and oxygen atoms in total. The van der Waals surface area contributed by atoms with E-state index >= 15 is 0 Å². The number of benzene rings is 2. The molecule has 4 rings (SSSR count). The molecule has 244 valence electrons. The zero-order chi connectivity index (χ0) is 32.6. The van der Waals surface area contributed by atoms with Crippen LogP contribution < -0.4 is 15.8 Å². The van der Waals surface area contributed by atoms with E-state index in [2.05, 4.69) is 10.0 Å². The summed E-state index contributed by atoms with van der Waals surface area (Å²) in [6, 6.07) is 11.8. The maximum Gasteiger partial charge on any atom is 0.243 e. The number of hydrogen-bond acceptors (Lipinski definition) is 7. The third-order valence-electron chi connectivity index (χ3n) is 8.22. The third-order valence-corrected chi connectivity index (χ3v) is 9.82. The van der Waals surface area contributed by atoms with Crippen LogP contribution in [0.15, 0.2) is 48.5 Å². The molecule has 2 aromatic rings. The van der Waals surface area contributed by atoms with Gasteiger partial charge in [0.25, 0.3) is 0 Å².